The van der Waals surface area contributed by atoms with Gasteiger partial charge in [-0.1, -0.05) is 31.2 Å². The predicted molar refractivity (Wildman–Crippen MR) is 161 cm³/mol. The number of benzene rings is 2. The number of likely N-dealkylation sites (tertiary alicyclic amines) is 2. The molecule has 238 valence electrons. The van der Waals surface area contributed by atoms with Gasteiger partial charge in [-0.2, -0.15) is 0 Å². The number of aliphatic hydroxyl groups is 2. The van der Waals surface area contributed by atoms with Crippen LogP contribution in [0.25, 0.3) is 0 Å². The van der Waals surface area contributed by atoms with Crippen molar-refractivity contribution in [2.24, 2.45) is 11.7 Å². The summed E-state index contributed by atoms with van der Waals surface area (Å²) < 4.78 is 0. The van der Waals surface area contributed by atoms with Gasteiger partial charge in [0, 0.05) is 19.5 Å². The number of carbonyl (C=O) groups excluding carboxylic acids is 3. The molecule has 3 unspecified atom stereocenters. The zero-order valence-corrected chi connectivity index (χ0v) is 24.7. The molecule has 0 radical (unpaired) electrons. The molecule has 2 heterocycles. The van der Waals surface area contributed by atoms with Crippen molar-refractivity contribution < 1.29 is 34.8 Å². The van der Waals surface area contributed by atoms with Gasteiger partial charge in [-0.05, 0) is 73.4 Å². The fourth-order valence-electron chi connectivity index (χ4n) is 5.84. The Kier molecular flexibility index (Phi) is 10.7. The molecular formula is C31H42N6O7. The normalized spacial score (nSPS) is 23.1. The van der Waals surface area contributed by atoms with Crippen LogP contribution in [0.15, 0.2) is 48.5 Å². The molecule has 3 amide bonds. The zero-order valence-electron chi connectivity index (χ0n) is 24.7. The van der Waals surface area contributed by atoms with Gasteiger partial charge in [-0.15, -0.1) is 0 Å². The number of hydrogen-bond donors (Lipinski definition) is 8. The minimum Gasteiger partial charge on any atom is -0.508 e. The van der Waals surface area contributed by atoms with E-state index in [1.54, 1.807) is 24.3 Å². The Morgan fingerprint density at radius 2 is 1.64 bits per heavy atom. The van der Waals surface area contributed by atoms with E-state index < -0.39 is 48.2 Å². The number of aliphatic hydroxyl groups excluding tert-OH is 2. The second-order valence-corrected chi connectivity index (χ2v) is 11.7. The molecule has 0 aromatic heterocycles. The smallest absolute Gasteiger partial charge is 0.249 e. The lowest BCUT2D eigenvalue weighted by molar-refractivity contribution is -0.143. The summed E-state index contributed by atoms with van der Waals surface area (Å²) in [6.45, 7) is 2.59. The van der Waals surface area contributed by atoms with Gasteiger partial charge < -0.3 is 46.6 Å². The van der Waals surface area contributed by atoms with Gasteiger partial charge in [-0.3, -0.25) is 19.8 Å². The van der Waals surface area contributed by atoms with E-state index in [-0.39, 0.29) is 42.8 Å². The van der Waals surface area contributed by atoms with Crippen molar-refractivity contribution >= 4 is 23.7 Å². The Morgan fingerprint density at radius 1 is 1.02 bits per heavy atom. The monoisotopic (exact) mass is 610 g/mol. The summed E-state index contributed by atoms with van der Waals surface area (Å²) in [4.78, 5) is 43.4. The number of guanidine groups is 1. The van der Waals surface area contributed by atoms with E-state index >= 15 is 0 Å². The van der Waals surface area contributed by atoms with Crippen LogP contribution >= 0.6 is 0 Å². The highest BCUT2D eigenvalue weighted by molar-refractivity contribution is 5.93. The Balaban J connectivity index is 1.48. The second kappa shape index (κ2) is 14.4. The minimum atomic E-state index is -1.41. The van der Waals surface area contributed by atoms with Crippen molar-refractivity contribution in [3.05, 3.63) is 59.7 Å². The summed E-state index contributed by atoms with van der Waals surface area (Å²) in [7, 11) is 0. The summed E-state index contributed by atoms with van der Waals surface area (Å²) in [5.74, 6) is -1.82. The van der Waals surface area contributed by atoms with Gasteiger partial charge in [0.05, 0.1) is 6.04 Å². The Labute approximate surface area is 256 Å². The quantitative estimate of drug-likeness (QED) is 0.136. The van der Waals surface area contributed by atoms with Gasteiger partial charge in [0.15, 0.2) is 5.96 Å². The number of piperidine rings is 1. The van der Waals surface area contributed by atoms with Crippen molar-refractivity contribution in [2.75, 3.05) is 13.1 Å². The summed E-state index contributed by atoms with van der Waals surface area (Å²) in [5, 5.41) is 53.7. The molecule has 13 heteroatoms. The van der Waals surface area contributed by atoms with Crippen molar-refractivity contribution in [2.45, 2.75) is 75.9 Å². The average Bonchev–Trinajstić information content (AvgIpc) is 3.39. The van der Waals surface area contributed by atoms with E-state index in [4.69, 9.17) is 11.1 Å². The molecule has 6 atom stereocenters. The number of nitrogens with two attached hydrogens (primary N) is 1. The largest absolute Gasteiger partial charge is 0.508 e. The third-order valence-corrected chi connectivity index (χ3v) is 8.26. The first-order valence-corrected chi connectivity index (χ1v) is 14.9. The van der Waals surface area contributed by atoms with Crippen molar-refractivity contribution in [1.82, 2.24) is 20.4 Å². The minimum absolute atomic E-state index is 0.0133. The van der Waals surface area contributed by atoms with E-state index in [9.17, 15) is 34.8 Å². The van der Waals surface area contributed by atoms with Crippen LogP contribution in [0.3, 0.4) is 0 Å². The van der Waals surface area contributed by atoms with Gasteiger partial charge >= 0.3 is 0 Å². The molecule has 0 aliphatic carbocycles. The molecule has 44 heavy (non-hydrogen) atoms. The lowest BCUT2D eigenvalue weighted by Crippen LogP contribution is -2.61. The molecular weight excluding hydrogens is 568 g/mol. The number of nitrogens with one attached hydrogen (secondary N) is 3. The summed E-state index contributed by atoms with van der Waals surface area (Å²) >= 11 is 0. The van der Waals surface area contributed by atoms with Gasteiger partial charge in [0.25, 0.3) is 0 Å². The molecule has 4 rings (SSSR count). The van der Waals surface area contributed by atoms with Crippen LogP contribution in [0.1, 0.15) is 43.7 Å². The SMILES string of the molecule is CC1C[C@@H](C(=O)N[C@@H]2CCCN(C(=N)N)C2O)N(C(=O)[C@@H](Cc2ccc(O)cc2)NC(=O)C(O)CCc2ccc(O)cc2)C1. The van der Waals surface area contributed by atoms with Crippen LogP contribution in [0.2, 0.25) is 0 Å². The van der Waals surface area contributed by atoms with E-state index in [0.29, 0.717) is 37.8 Å². The van der Waals surface area contributed by atoms with Gasteiger partial charge in [0.2, 0.25) is 17.7 Å². The Hall–Kier alpha value is -4.36. The summed E-state index contributed by atoms with van der Waals surface area (Å²) in [5.41, 5.74) is 7.06. The third-order valence-electron chi connectivity index (χ3n) is 8.26. The number of aryl methyl sites for hydroxylation is 1. The molecule has 2 aliphatic rings. The maximum Gasteiger partial charge on any atom is 0.249 e. The van der Waals surface area contributed by atoms with Crippen molar-refractivity contribution in [1.29, 1.82) is 5.41 Å². The first-order valence-electron chi connectivity index (χ1n) is 14.9. The van der Waals surface area contributed by atoms with Crippen LogP contribution in [-0.2, 0) is 27.2 Å². The lowest BCUT2D eigenvalue weighted by Gasteiger charge is -2.39. The number of hydrogen-bond acceptors (Lipinski definition) is 8. The molecule has 2 fully saturated rings. The molecule has 2 aromatic carbocycles. The van der Waals surface area contributed by atoms with E-state index in [1.807, 2.05) is 6.92 Å². The number of phenols is 2. The molecule has 9 N–H and O–H groups in total. The van der Waals surface area contributed by atoms with Crippen molar-refractivity contribution in [3.63, 3.8) is 0 Å². The molecule has 0 spiro atoms. The number of amides is 3. The third kappa shape index (κ3) is 8.17. The topological polar surface area (TPSA) is 213 Å². The fourth-order valence-corrected chi connectivity index (χ4v) is 5.84. The molecule has 2 aliphatic heterocycles. The molecule has 13 nitrogen and oxygen atoms in total. The predicted octanol–water partition coefficient (Wildman–Crippen LogP) is 0.148. The number of rotatable bonds is 10. The highest BCUT2D eigenvalue weighted by atomic mass is 16.3. The lowest BCUT2D eigenvalue weighted by atomic mass is 10.0. The van der Waals surface area contributed by atoms with Crippen LogP contribution < -0.4 is 16.4 Å². The molecule has 2 saturated heterocycles. The number of phenolic OH excluding ortho intramolecular Hbond substituents is 2. The fraction of sp³-hybridized carbons (Fsp3) is 0.484. The summed E-state index contributed by atoms with van der Waals surface area (Å²) in [6.07, 6.45) is -0.592. The Morgan fingerprint density at radius 3 is 2.25 bits per heavy atom. The first kappa shape index (κ1) is 32.6. The molecule has 2 aromatic rings. The maximum atomic E-state index is 14.0. The number of aromatic hydroxyl groups is 2. The van der Waals surface area contributed by atoms with E-state index in [0.717, 1.165) is 5.56 Å². The number of carbonyl (C=O) groups is 3. The second-order valence-electron chi connectivity index (χ2n) is 11.7. The highest BCUT2D eigenvalue weighted by Crippen LogP contribution is 2.26. The number of nitrogens with zero attached hydrogens (tertiary/aromatic N) is 2. The molecule has 0 bridgehead atoms. The van der Waals surface area contributed by atoms with Gasteiger partial charge in [-0.25, -0.2) is 0 Å². The standard InChI is InChI=1S/C31H42N6O7/c1-18-15-25(27(41)34-23-3-2-14-36(29(23)43)31(32)33)37(17-18)30(44)24(16-20-6-11-22(39)12-7-20)35-28(42)26(40)13-8-19-4-9-21(38)10-5-19/h4-7,9-12,18,23-26,29,38-40,43H,2-3,8,13-17H2,1H3,(H3,32,33)(H,34,41)(H,35,42)/t18?,23-,24-,25+,26?,29?/m1/s1. The zero-order chi connectivity index (χ0) is 32.0. The average molecular weight is 611 g/mol. The van der Waals surface area contributed by atoms with Crippen LogP contribution in [0, 0.1) is 11.3 Å². The highest BCUT2D eigenvalue weighted by Gasteiger charge is 2.42. The summed E-state index contributed by atoms with van der Waals surface area (Å²) in [6, 6.07) is 10.00. The van der Waals surface area contributed by atoms with Gasteiger partial charge in [0.1, 0.15) is 35.9 Å². The van der Waals surface area contributed by atoms with Crippen LogP contribution in [0.4, 0.5) is 0 Å². The van der Waals surface area contributed by atoms with Crippen LogP contribution in [0.5, 0.6) is 11.5 Å². The van der Waals surface area contributed by atoms with Crippen molar-refractivity contribution in [3.8, 4) is 11.5 Å². The van der Waals surface area contributed by atoms with Crippen LogP contribution in [-0.4, -0.2) is 97.5 Å². The molecule has 0 saturated carbocycles. The first-order chi connectivity index (χ1) is 20.9. The van der Waals surface area contributed by atoms with E-state index in [1.165, 1.54) is 34.1 Å². The Bertz CT molecular complexity index is 1320. The van der Waals surface area contributed by atoms with E-state index in [2.05, 4.69) is 10.6 Å². The maximum absolute atomic E-state index is 14.0.